The second-order valence-electron chi connectivity index (χ2n) is 8.47. The van der Waals surface area contributed by atoms with Gasteiger partial charge < -0.3 is 14.6 Å². The van der Waals surface area contributed by atoms with E-state index in [9.17, 15) is 18.7 Å². The van der Waals surface area contributed by atoms with Crippen molar-refractivity contribution < 1.29 is 18.7 Å². The van der Waals surface area contributed by atoms with E-state index in [1.165, 1.54) is 12.1 Å². The summed E-state index contributed by atoms with van der Waals surface area (Å²) in [6.07, 6.45) is 5.18. The Labute approximate surface area is 184 Å². The van der Waals surface area contributed by atoms with Gasteiger partial charge in [0.1, 0.15) is 11.1 Å². The summed E-state index contributed by atoms with van der Waals surface area (Å²) in [5.41, 5.74) is 3.27. The highest BCUT2D eigenvalue weighted by Crippen LogP contribution is 2.30. The lowest BCUT2D eigenvalue weighted by atomic mass is 10.1. The minimum Gasteiger partial charge on any atom is -0.478 e. The molecule has 2 aromatic heterocycles. The van der Waals surface area contributed by atoms with Crippen molar-refractivity contribution in [2.75, 3.05) is 37.6 Å². The number of anilines is 1. The molecule has 0 atom stereocenters. The van der Waals surface area contributed by atoms with E-state index in [1.807, 2.05) is 0 Å². The van der Waals surface area contributed by atoms with Gasteiger partial charge in [0.05, 0.1) is 11.7 Å². The van der Waals surface area contributed by atoms with E-state index in [1.54, 1.807) is 12.3 Å². The maximum absolute atomic E-state index is 13.4. The van der Waals surface area contributed by atoms with Crippen molar-refractivity contribution in [3.63, 3.8) is 0 Å². The molecule has 1 saturated heterocycles. The number of benzene rings is 1. The molecule has 0 bridgehead atoms. The lowest BCUT2D eigenvalue weighted by Gasteiger charge is -2.34. The number of rotatable bonds is 5. The van der Waals surface area contributed by atoms with Gasteiger partial charge in [-0.3, -0.25) is 4.90 Å². The predicted molar refractivity (Wildman–Crippen MR) is 116 cm³/mol. The van der Waals surface area contributed by atoms with E-state index in [0.717, 1.165) is 75.3 Å². The predicted octanol–water partition coefficient (Wildman–Crippen LogP) is 3.11. The fraction of sp³-hybridized carbons (Fsp3) is 0.435. The molecule has 3 aromatic rings. The largest absolute Gasteiger partial charge is 0.478 e. The summed E-state index contributed by atoms with van der Waals surface area (Å²) >= 11 is 0. The molecule has 7 nitrogen and oxygen atoms in total. The maximum Gasteiger partial charge on any atom is 0.339 e. The first-order valence-electron chi connectivity index (χ1n) is 11.0. The third kappa shape index (κ3) is 3.81. The molecule has 168 valence electrons. The number of carboxylic acid groups (broad SMARTS) is 1. The van der Waals surface area contributed by atoms with Crippen LogP contribution in [0.5, 0.6) is 0 Å². The zero-order chi connectivity index (χ0) is 22.2. The van der Waals surface area contributed by atoms with Crippen molar-refractivity contribution in [3.05, 3.63) is 52.9 Å². The third-order valence-corrected chi connectivity index (χ3v) is 6.51. The van der Waals surface area contributed by atoms with Crippen molar-refractivity contribution in [1.82, 2.24) is 19.4 Å². The van der Waals surface area contributed by atoms with Crippen molar-refractivity contribution in [2.45, 2.75) is 32.2 Å². The zero-order valence-electron chi connectivity index (χ0n) is 17.7. The summed E-state index contributed by atoms with van der Waals surface area (Å²) in [7, 11) is 0. The van der Waals surface area contributed by atoms with Gasteiger partial charge in [0.2, 0.25) is 5.95 Å². The van der Waals surface area contributed by atoms with Crippen LogP contribution in [0.3, 0.4) is 0 Å². The number of halogens is 2. The molecular weight excluding hydrogens is 416 g/mol. The summed E-state index contributed by atoms with van der Waals surface area (Å²) in [6.45, 7) is 4.59. The average Bonchev–Trinajstić information content (AvgIpc) is 3.14. The Morgan fingerprint density at radius 3 is 2.62 bits per heavy atom. The fourth-order valence-corrected chi connectivity index (χ4v) is 4.77. The highest BCUT2D eigenvalue weighted by atomic mass is 19.2. The van der Waals surface area contributed by atoms with Gasteiger partial charge in [0, 0.05) is 45.0 Å². The normalized spacial score (nSPS) is 17.0. The SMILES string of the molecule is O=C(O)c1c2n(c3cnc(N4CCN(CCc5ccc(F)c(F)c5)CC4)nc13)CCCC2. The van der Waals surface area contributed by atoms with Gasteiger partial charge >= 0.3 is 5.97 Å². The van der Waals surface area contributed by atoms with Crippen LogP contribution in [0.4, 0.5) is 14.7 Å². The first-order valence-corrected chi connectivity index (χ1v) is 11.0. The van der Waals surface area contributed by atoms with Crippen LogP contribution in [-0.4, -0.2) is 63.2 Å². The molecule has 1 aromatic carbocycles. The first kappa shape index (κ1) is 20.8. The summed E-state index contributed by atoms with van der Waals surface area (Å²) < 4.78 is 28.6. The molecular formula is C23H25F2N5O2. The van der Waals surface area contributed by atoms with Crippen LogP contribution in [0.1, 0.15) is 34.5 Å². The van der Waals surface area contributed by atoms with Crippen LogP contribution in [0, 0.1) is 11.6 Å². The molecule has 0 saturated carbocycles. The lowest BCUT2D eigenvalue weighted by Crippen LogP contribution is -2.47. The van der Waals surface area contributed by atoms with Crippen molar-refractivity contribution in [1.29, 1.82) is 0 Å². The topological polar surface area (TPSA) is 74.5 Å². The van der Waals surface area contributed by atoms with Crippen LogP contribution in [0.2, 0.25) is 0 Å². The van der Waals surface area contributed by atoms with Gasteiger partial charge in [0.15, 0.2) is 11.6 Å². The van der Waals surface area contributed by atoms with E-state index in [2.05, 4.69) is 24.3 Å². The lowest BCUT2D eigenvalue weighted by molar-refractivity contribution is 0.0697. The summed E-state index contributed by atoms with van der Waals surface area (Å²) in [4.78, 5) is 25.6. The van der Waals surface area contributed by atoms with Gasteiger partial charge in [0.25, 0.3) is 0 Å². The quantitative estimate of drug-likeness (QED) is 0.656. The smallest absolute Gasteiger partial charge is 0.339 e. The van der Waals surface area contributed by atoms with Gasteiger partial charge in [-0.2, -0.15) is 0 Å². The van der Waals surface area contributed by atoms with Crippen molar-refractivity contribution in [3.8, 4) is 0 Å². The molecule has 9 heteroatoms. The van der Waals surface area contributed by atoms with E-state index in [4.69, 9.17) is 0 Å². The number of carboxylic acids is 1. The van der Waals surface area contributed by atoms with Gasteiger partial charge in [-0.05, 0) is 43.4 Å². The minimum absolute atomic E-state index is 0.313. The molecule has 2 aliphatic heterocycles. The average molecular weight is 441 g/mol. The summed E-state index contributed by atoms with van der Waals surface area (Å²) in [5.74, 6) is -2.01. The van der Waals surface area contributed by atoms with Gasteiger partial charge in [-0.15, -0.1) is 0 Å². The van der Waals surface area contributed by atoms with Crippen molar-refractivity contribution >= 4 is 23.0 Å². The van der Waals surface area contributed by atoms with Crippen LogP contribution < -0.4 is 4.90 Å². The van der Waals surface area contributed by atoms with Gasteiger partial charge in [-0.1, -0.05) is 6.07 Å². The molecule has 2 aliphatic rings. The standard InChI is InChI=1S/C23H25F2N5O2/c24-16-5-4-15(13-17(16)25)6-8-28-9-11-29(12-10-28)23-26-14-19-21(27-23)20(22(31)32)18-3-1-2-7-30(18)19/h4-5,13-14H,1-3,6-12H2,(H,31,32). The molecule has 32 heavy (non-hydrogen) atoms. The Kier molecular flexibility index (Phi) is 5.50. The molecule has 0 amide bonds. The first-order chi connectivity index (χ1) is 15.5. The van der Waals surface area contributed by atoms with Crippen LogP contribution >= 0.6 is 0 Å². The zero-order valence-corrected chi connectivity index (χ0v) is 17.7. The monoisotopic (exact) mass is 441 g/mol. The number of aryl methyl sites for hydroxylation is 1. The second kappa shape index (κ2) is 8.46. The van der Waals surface area contributed by atoms with E-state index < -0.39 is 17.6 Å². The van der Waals surface area contributed by atoms with Crippen LogP contribution in [0.15, 0.2) is 24.4 Å². The summed E-state index contributed by atoms with van der Waals surface area (Å²) in [5, 5.41) is 9.81. The van der Waals surface area contributed by atoms with Crippen LogP contribution in [0.25, 0.3) is 11.0 Å². The highest BCUT2D eigenvalue weighted by Gasteiger charge is 2.27. The molecule has 0 radical (unpaired) electrons. The van der Waals surface area contributed by atoms with E-state index in [0.29, 0.717) is 23.4 Å². The van der Waals surface area contributed by atoms with Crippen molar-refractivity contribution in [2.24, 2.45) is 0 Å². The Morgan fingerprint density at radius 1 is 1.06 bits per heavy atom. The van der Waals surface area contributed by atoms with Gasteiger partial charge in [-0.25, -0.2) is 23.5 Å². The number of carbonyl (C=O) groups is 1. The molecule has 5 rings (SSSR count). The number of aromatic nitrogens is 3. The van der Waals surface area contributed by atoms with E-state index in [-0.39, 0.29) is 0 Å². The van der Waals surface area contributed by atoms with Crippen LogP contribution in [-0.2, 0) is 19.4 Å². The number of aromatic carboxylic acids is 1. The molecule has 1 N–H and O–H groups in total. The number of fused-ring (bicyclic) bond motifs is 3. The van der Waals surface area contributed by atoms with E-state index >= 15 is 0 Å². The highest BCUT2D eigenvalue weighted by molar-refractivity contribution is 6.03. The number of hydrogen-bond acceptors (Lipinski definition) is 5. The number of hydrogen-bond donors (Lipinski definition) is 1. The Hall–Kier alpha value is -3.07. The maximum atomic E-state index is 13.4. The third-order valence-electron chi connectivity index (χ3n) is 6.51. The summed E-state index contributed by atoms with van der Waals surface area (Å²) in [6, 6.07) is 4.04. The Balaban J connectivity index is 1.28. The number of nitrogens with zero attached hydrogens (tertiary/aromatic N) is 5. The molecule has 0 spiro atoms. The molecule has 0 unspecified atom stereocenters. The second-order valence-corrected chi connectivity index (χ2v) is 8.47. The Bertz CT molecular complexity index is 1170. The molecule has 0 aliphatic carbocycles. The Morgan fingerprint density at radius 2 is 1.88 bits per heavy atom. The minimum atomic E-state index is -0.933. The molecule has 1 fully saturated rings. The fourth-order valence-electron chi connectivity index (χ4n) is 4.77. The molecule has 4 heterocycles. The number of piperazine rings is 1.